The average Bonchev–Trinajstić information content (AvgIpc) is 2.31. The summed E-state index contributed by atoms with van der Waals surface area (Å²) in [4.78, 5) is 11.4. The molecular formula is C13H14F4N2O. The van der Waals surface area contributed by atoms with E-state index < -0.39 is 23.6 Å². The van der Waals surface area contributed by atoms with Gasteiger partial charge in [-0.25, -0.2) is 9.18 Å². The average molecular weight is 290 g/mol. The first-order valence-corrected chi connectivity index (χ1v) is 6.26. The third-order valence-corrected chi connectivity index (χ3v) is 3.25. The van der Waals surface area contributed by atoms with Crippen molar-refractivity contribution in [2.24, 2.45) is 0 Å². The van der Waals surface area contributed by atoms with Crippen molar-refractivity contribution in [1.29, 1.82) is 0 Å². The highest BCUT2D eigenvalue weighted by Gasteiger charge is 2.31. The Labute approximate surface area is 113 Å². The first kappa shape index (κ1) is 14.6. The molecule has 1 fully saturated rings. The number of amides is 2. The predicted octanol–water partition coefficient (Wildman–Crippen LogP) is 3.20. The van der Waals surface area contributed by atoms with Crippen LogP contribution in [0.25, 0.3) is 0 Å². The van der Waals surface area contributed by atoms with Crippen LogP contribution in [0.5, 0.6) is 0 Å². The minimum Gasteiger partial charge on any atom is -0.335 e. The van der Waals surface area contributed by atoms with Crippen molar-refractivity contribution in [3.8, 4) is 0 Å². The zero-order valence-electron chi connectivity index (χ0n) is 10.6. The molecule has 3 nitrogen and oxygen atoms in total. The predicted molar refractivity (Wildman–Crippen MR) is 64.4 cm³/mol. The Morgan fingerprint density at radius 1 is 1.30 bits per heavy atom. The number of rotatable bonds is 3. The number of alkyl halides is 3. The molecular weight excluding hydrogens is 276 g/mol. The standard InChI is InChI=1S/C13H14F4N2O/c14-11-5-4-9(13(15,16)17)6-8(11)7-18-12(20)19-10-2-1-3-10/h4-6,10H,1-3,7H2,(H2,18,19,20). The van der Waals surface area contributed by atoms with Gasteiger partial charge >= 0.3 is 12.2 Å². The highest BCUT2D eigenvalue weighted by Crippen LogP contribution is 2.30. The molecule has 2 amide bonds. The van der Waals surface area contributed by atoms with E-state index in [2.05, 4.69) is 10.6 Å². The van der Waals surface area contributed by atoms with E-state index in [1.165, 1.54) is 0 Å². The maximum Gasteiger partial charge on any atom is 0.416 e. The van der Waals surface area contributed by atoms with Gasteiger partial charge in [-0.2, -0.15) is 13.2 Å². The summed E-state index contributed by atoms with van der Waals surface area (Å²) in [6.07, 6.45) is -1.69. The van der Waals surface area contributed by atoms with Crippen LogP contribution in [0.15, 0.2) is 18.2 Å². The molecule has 0 bridgehead atoms. The van der Waals surface area contributed by atoms with Crippen LogP contribution in [0.2, 0.25) is 0 Å². The van der Waals surface area contributed by atoms with Crippen molar-refractivity contribution in [3.63, 3.8) is 0 Å². The van der Waals surface area contributed by atoms with Gasteiger partial charge in [-0.3, -0.25) is 0 Å². The molecule has 0 spiro atoms. The Kier molecular flexibility index (Phi) is 4.15. The molecule has 2 rings (SSSR count). The van der Waals surface area contributed by atoms with E-state index in [0.29, 0.717) is 12.1 Å². The maximum absolute atomic E-state index is 13.4. The van der Waals surface area contributed by atoms with Gasteiger partial charge in [0.15, 0.2) is 0 Å². The molecule has 0 unspecified atom stereocenters. The van der Waals surface area contributed by atoms with Crippen LogP contribution in [-0.2, 0) is 12.7 Å². The highest BCUT2D eigenvalue weighted by atomic mass is 19.4. The lowest BCUT2D eigenvalue weighted by Crippen LogP contribution is -2.44. The fourth-order valence-corrected chi connectivity index (χ4v) is 1.85. The summed E-state index contributed by atoms with van der Waals surface area (Å²) in [6.45, 7) is -0.283. The molecule has 0 heterocycles. The Hall–Kier alpha value is -1.79. The molecule has 1 aliphatic carbocycles. The van der Waals surface area contributed by atoms with Gasteiger partial charge in [-0.05, 0) is 37.5 Å². The van der Waals surface area contributed by atoms with Crippen LogP contribution in [0.1, 0.15) is 30.4 Å². The van der Waals surface area contributed by atoms with Crippen molar-refractivity contribution in [2.45, 2.75) is 38.0 Å². The lowest BCUT2D eigenvalue weighted by atomic mass is 9.93. The van der Waals surface area contributed by atoms with E-state index in [4.69, 9.17) is 0 Å². The number of carbonyl (C=O) groups is 1. The lowest BCUT2D eigenvalue weighted by molar-refractivity contribution is -0.137. The zero-order valence-corrected chi connectivity index (χ0v) is 10.6. The largest absolute Gasteiger partial charge is 0.416 e. The van der Waals surface area contributed by atoms with Crippen LogP contribution in [0.4, 0.5) is 22.4 Å². The van der Waals surface area contributed by atoms with Gasteiger partial charge in [0.2, 0.25) is 0 Å². The molecule has 0 radical (unpaired) electrons. The fourth-order valence-electron chi connectivity index (χ4n) is 1.85. The van der Waals surface area contributed by atoms with Gasteiger partial charge in [0.25, 0.3) is 0 Å². The number of hydrogen-bond acceptors (Lipinski definition) is 1. The van der Waals surface area contributed by atoms with E-state index in [0.717, 1.165) is 25.3 Å². The van der Waals surface area contributed by atoms with E-state index in [-0.39, 0.29) is 18.2 Å². The summed E-state index contributed by atoms with van der Waals surface area (Å²) in [7, 11) is 0. The molecule has 1 aromatic carbocycles. The van der Waals surface area contributed by atoms with E-state index in [1.807, 2.05) is 0 Å². The van der Waals surface area contributed by atoms with Crippen LogP contribution in [0.3, 0.4) is 0 Å². The second kappa shape index (κ2) is 5.68. The Bertz CT molecular complexity index is 498. The first-order chi connectivity index (χ1) is 9.36. The van der Waals surface area contributed by atoms with E-state index in [9.17, 15) is 22.4 Å². The van der Waals surface area contributed by atoms with E-state index in [1.54, 1.807) is 0 Å². The Morgan fingerprint density at radius 2 is 2.00 bits per heavy atom. The van der Waals surface area contributed by atoms with Gasteiger partial charge in [0.1, 0.15) is 5.82 Å². The van der Waals surface area contributed by atoms with Gasteiger partial charge in [0.05, 0.1) is 5.56 Å². The Morgan fingerprint density at radius 3 is 2.55 bits per heavy atom. The molecule has 20 heavy (non-hydrogen) atoms. The summed E-state index contributed by atoms with van der Waals surface area (Å²) in [6, 6.07) is 1.75. The second-order valence-corrected chi connectivity index (χ2v) is 4.76. The number of nitrogens with one attached hydrogen (secondary N) is 2. The number of benzene rings is 1. The zero-order chi connectivity index (χ0) is 14.8. The lowest BCUT2D eigenvalue weighted by Gasteiger charge is -2.26. The molecule has 0 aliphatic heterocycles. The van der Waals surface area contributed by atoms with Crippen molar-refractivity contribution in [3.05, 3.63) is 35.1 Å². The highest BCUT2D eigenvalue weighted by molar-refractivity contribution is 5.74. The van der Waals surface area contributed by atoms with Crippen molar-refractivity contribution in [1.82, 2.24) is 10.6 Å². The molecule has 1 aromatic rings. The van der Waals surface area contributed by atoms with Crippen LogP contribution in [-0.4, -0.2) is 12.1 Å². The molecule has 0 atom stereocenters. The summed E-state index contributed by atoms with van der Waals surface area (Å²) < 4.78 is 50.9. The van der Waals surface area contributed by atoms with Gasteiger partial charge in [-0.1, -0.05) is 0 Å². The number of hydrogen-bond donors (Lipinski definition) is 2. The van der Waals surface area contributed by atoms with Crippen LogP contribution >= 0.6 is 0 Å². The minimum atomic E-state index is -4.53. The third-order valence-electron chi connectivity index (χ3n) is 3.25. The molecule has 2 N–H and O–H groups in total. The quantitative estimate of drug-likeness (QED) is 0.825. The minimum absolute atomic E-state index is 0.112. The topological polar surface area (TPSA) is 41.1 Å². The number of halogens is 4. The van der Waals surface area contributed by atoms with Crippen molar-refractivity contribution in [2.75, 3.05) is 0 Å². The SMILES string of the molecule is O=C(NCc1cc(C(F)(F)F)ccc1F)NC1CCC1. The second-order valence-electron chi connectivity index (χ2n) is 4.76. The molecule has 0 aromatic heterocycles. The summed E-state index contributed by atoms with van der Waals surface area (Å²) in [5.74, 6) is -0.776. The van der Waals surface area contributed by atoms with Gasteiger partial charge < -0.3 is 10.6 Å². The normalized spacial score (nSPS) is 15.6. The molecule has 1 saturated carbocycles. The smallest absolute Gasteiger partial charge is 0.335 e. The van der Waals surface area contributed by atoms with Gasteiger partial charge in [0, 0.05) is 18.2 Å². The maximum atomic E-state index is 13.4. The fraction of sp³-hybridized carbons (Fsp3) is 0.462. The monoisotopic (exact) mass is 290 g/mol. The summed E-state index contributed by atoms with van der Waals surface area (Å²) in [5, 5.41) is 5.02. The number of carbonyl (C=O) groups excluding carboxylic acids is 1. The number of urea groups is 1. The van der Waals surface area contributed by atoms with Crippen LogP contribution < -0.4 is 10.6 Å². The molecule has 1 aliphatic rings. The Balaban J connectivity index is 1.95. The summed E-state index contributed by atoms with van der Waals surface area (Å²) in [5.41, 5.74) is -1.13. The molecule has 0 saturated heterocycles. The van der Waals surface area contributed by atoms with Crippen molar-refractivity contribution >= 4 is 6.03 Å². The van der Waals surface area contributed by atoms with Crippen molar-refractivity contribution < 1.29 is 22.4 Å². The van der Waals surface area contributed by atoms with E-state index >= 15 is 0 Å². The molecule has 7 heteroatoms. The van der Waals surface area contributed by atoms with Crippen LogP contribution in [0, 0.1) is 5.82 Å². The summed E-state index contributed by atoms with van der Waals surface area (Å²) >= 11 is 0. The first-order valence-electron chi connectivity index (χ1n) is 6.26. The third kappa shape index (κ3) is 3.61. The van der Waals surface area contributed by atoms with Gasteiger partial charge in [-0.15, -0.1) is 0 Å². The molecule has 110 valence electrons.